The van der Waals surface area contributed by atoms with Gasteiger partial charge in [0.1, 0.15) is 6.04 Å². The Kier molecular flexibility index (Phi) is 5.42. The summed E-state index contributed by atoms with van der Waals surface area (Å²) < 4.78 is 8.19. The Labute approximate surface area is 139 Å². The van der Waals surface area contributed by atoms with E-state index in [0.29, 0.717) is 13.0 Å². The highest BCUT2D eigenvalue weighted by Gasteiger charge is 2.19. The number of rotatable bonds is 5. The quantitative estimate of drug-likeness (QED) is 0.828. The molecule has 0 spiro atoms. The Balaban J connectivity index is 2.27. The van der Waals surface area contributed by atoms with E-state index in [0.717, 1.165) is 27.1 Å². The van der Waals surface area contributed by atoms with Crippen molar-refractivity contribution in [3.63, 3.8) is 0 Å². The van der Waals surface area contributed by atoms with E-state index < -0.39 is 6.04 Å². The molecule has 0 radical (unpaired) electrons. The molecule has 1 aromatic carbocycles. The van der Waals surface area contributed by atoms with Gasteiger partial charge in [-0.15, -0.1) is 0 Å². The summed E-state index contributed by atoms with van der Waals surface area (Å²) in [6.07, 6.45) is 0.481. The van der Waals surface area contributed by atoms with Gasteiger partial charge in [-0.2, -0.15) is 0 Å². The topological polar surface area (TPSA) is 57.2 Å². The number of esters is 1. The van der Waals surface area contributed by atoms with Crippen LogP contribution in [0, 0.1) is 13.8 Å². The molecule has 118 valence electrons. The van der Waals surface area contributed by atoms with Gasteiger partial charge in [-0.3, -0.25) is 4.79 Å². The van der Waals surface area contributed by atoms with E-state index in [4.69, 9.17) is 10.5 Å². The average molecular weight is 365 g/mol. The predicted molar refractivity (Wildman–Crippen MR) is 91.3 cm³/mol. The first kappa shape index (κ1) is 16.8. The highest BCUT2D eigenvalue weighted by atomic mass is 79.9. The van der Waals surface area contributed by atoms with Crippen LogP contribution in [0.15, 0.2) is 34.8 Å². The van der Waals surface area contributed by atoms with E-state index in [2.05, 4.69) is 45.6 Å². The number of carbonyl (C=O) groups excluding carboxylic acids is 1. The summed E-state index contributed by atoms with van der Waals surface area (Å²) in [5, 5.41) is 0. The number of carbonyl (C=O) groups is 1. The van der Waals surface area contributed by atoms with Crippen molar-refractivity contribution in [2.24, 2.45) is 5.73 Å². The van der Waals surface area contributed by atoms with Gasteiger partial charge < -0.3 is 15.0 Å². The van der Waals surface area contributed by atoms with Gasteiger partial charge in [-0.1, -0.05) is 15.9 Å². The Hall–Kier alpha value is -1.59. The summed E-state index contributed by atoms with van der Waals surface area (Å²) in [6, 6.07) is 9.59. The Bertz CT molecular complexity index is 662. The maximum absolute atomic E-state index is 11.7. The first-order valence-corrected chi connectivity index (χ1v) is 8.09. The van der Waals surface area contributed by atoms with Crippen molar-refractivity contribution >= 4 is 21.9 Å². The van der Waals surface area contributed by atoms with E-state index in [1.165, 1.54) is 0 Å². The highest BCUT2D eigenvalue weighted by Crippen LogP contribution is 2.23. The predicted octanol–water partition coefficient (Wildman–Crippen LogP) is 3.29. The molecule has 22 heavy (non-hydrogen) atoms. The van der Waals surface area contributed by atoms with Crippen LogP contribution in [0.4, 0.5) is 0 Å². The lowest BCUT2D eigenvalue weighted by Gasteiger charge is -2.12. The van der Waals surface area contributed by atoms with Crippen molar-refractivity contribution in [2.75, 3.05) is 6.61 Å². The third kappa shape index (κ3) is 3.59. The third-order valence-electron chi connectivity index (χ3n) is 3.65. The van der Waals surface area contributed by atoms with Gasteiger partial charge >= 0.3 is 5.97 Å². The first-order valence-electron chi connectivity index (χ1n) is 7.30. The molecule has 0 saturated carbocycles. The van der Waals surface area contributed by atoms with E-state index in [1.54, 1.807) is 6.92 Å². The number of aryl methyl sites for hydroxylation is 1. The average Bonchev–Trinajstić information content (AvgIpc) is 2.75. The lowest BCUT2D eigenvalue weighted by molar-refractivity contribution is -0.144. The number of hydrogen-bond acceptors (Lipinski definition) is 3. The highest BCUT2D eigenvalue weighted by molar-refractivity contribution is 9.10. The van der Waals surface area contributed by atoms with Crippen molar-refractivity contribution < 1.29 is 9.53 Å². The fourth-order valence-corrected chi connectivity index (χ4v) is 2.86. The van der Waals surface area contributed by atoms with Crippen LogP contribution in [-0.4, -0.2) is 23.2 Å². The van der Waals surface area contributed by atoms with Crippen LogP contribution in [0.1, 0.15) is 23.9 Å². The van der Waals surface area contributed by atoms with E-state index in [9.17, 15) is 4.79 Å². The number of nitrogens with zero attached hydrogens (tertiary/aromatic N) is 1. The molecule has 0 saturated heterocycles. The first-order chi connectivity index (χ1) is 10.4. The molecule has 2 aromatic rings. The molecule has 0 amide bonds. The maximum Gasteiger partial charge on any atom is 0.323 e. The molecule has 4 nitrogen and oxygen atoms in total. The largest absolute Gasteiger partial charge is 0.465 e. The van der Waals surface area contributed by atoms with Crippen LogP contribution < -0.4 is 5.73 Å². The van der Waals surface area contributed by atoms with Crippen molar-refractivity contribution in [1.82, 2.24) is 4.57 Å². The van der Waals surface area contributed by atoms with Crippen LogP contribution in [0.2, 0.25) is 0 Å². The lowest BCUT2D eigenvalue weighted by Crippen LogP contribution is -2.34. The molecule has 1 heterocycles. The molecular weight excluding hydrogens is 344 g/mol. The molecule has 1 aromatic heterocycles. The van der Waals surface area contributed by atoms with Crippen molar-refractivity contribution in [3.05, 3.63) is 51.8 Å². The normalized spacial score (nSPS) is 12.2. The summed E-state index contributed by atoms with van der Waals surface area (Å²) in [4.78, 5) is 11.7. The van der Waals surface area contributed by atoms with Gasteiger partial charge in [0.25, 0.3) is 0 Å². The standard InChI is InChI=1S/C17H21BrN2O2/c1-4-22-17(21)16(19)10-13-9-11(2)20(12(13)3)15-7-5-14(18)6-8-15/h5-9,16H,4,10,19H2,1-3H3. The smallest absolute Gasteiger partial charge is 0.323 e. The minimum Gasteiger partial charge on any atom is -0.465 e. The summed E-state index contributed by atoms with van der Waals surface area (Å²) in [5.41, 5.74) is 10.3. The molecule has 0 fully saturated rings. The zero-order chi connectivity index (χ0) is 16.3. The monoisotopic (exact) mass is 364 g/mol. The second kappa shape index (κ2) is 7.11. The molecule has 5 heteroatoms. The van der Waals surface area contributed by atoms with Crippen LogP contribution >= 0.6 is 15.9 Å². The SMILES string of the molecule is CCOC(=O)C(N)Cc1cc(C)n(-c2ccc(Br)cc2)c1C. The van der Waals surface area contributed by atoms with Gasteiger partial charge in [0.15, 0.2) is 0 Å². The number of ether oxygens (including phenoxy) is 1. The molecule has 0 aliphatic rings. The zero-order valence-electron chi connectivity index (χ0n) is 13.1. The number of aromatic nitrogens is 1. The Morgan fingerprint density at radius 1 is 1.32 bits per heavy atom. The maximum atomic E-state index is 11.7. The van der Waals surface area contributed by atoms with Crippen LogP contribution in [0.5, 0.6) is 0 Å². The Morgan fingerprint density at radius 2 is 1.95 bits per heavy atom. The van der Waals surface area contributed by atoms with Crippen LogP contribution in [-0.2, 0) is 16.0 Å². The second-order valence-electron chi connectivity index (χ2n) is 5.27. The van der Waals surface area contributed by atoms with Gasteiger partial charge in [-0.05, 0) is 56.7 Å². The minimum absolute atomic E-state index is 0.351. The van der Waals surface area contributed by atoms with Gasteiger partial charge in [0, 0.05) is 28.0 Å². The minimum atomic E-state index is -0.626. The summed E-state index contributed by atoms with van der Waals surface area (Å²) >= 11 is 3.45. The summed E-state index contributed by atoms with van der Waals surface area (Å²) in [6.45, 7) is 6.23. The third-order valence-corrected chi connectivity index (χ3v) is 4.18. The number of nitrogens with two attached hydrogens (primary N) is 1. The van der Waals surface area contributed by atoms with Gasteiger partial charge in [-0.25, -0.2) is 0 Å². The molecule has 1 unspecified atom stereocenters. The fraction of sp³-hybridized carbons (Fsp3) is 0.353. The van der Waals surface area contributed by atoms with Gasteiger partial charge in [0.2, 0.25) is 0 Å². The lowest BCUT2D eigenvalue weighted by atomic mass is 10.1. The van der Waals surface area contributed by atoms with Crippen LogP contribution in [0.3, 0.4) is 0 Å². The second-order valence-corrected chi connectivity index (χ2v) is 6.19. The molecular formula is C17H21BrN2O2. The number of benzene rings is 1. The van der Waals surface area contributed by atoms with E-state index in [-0.39, 0.29) is 5.97 Å². The molecule has 2 N–H and O–H groups in total. The Morgan fingerprint density at radius 3 is 2.55 bits per heavy atom. The molecule has 0 aliphatic carbocycles. The number of halogens is 1. The summed E-state index contributed by atoms with van der Waals surface area (Å²) in [7, 11) is 0. The van der Waals surface area contributed by atoms with E-state index >= 15 is 0 Å². The molecule has 2 rings (SSSR count). The number of hydrogen-bond donors (Lipinski definition) is 1. The summed E-state index contributed by atoms with van der Waals surface area (Å²) in [5.74, 6) is -0.351. The van der Waals surface area contributed by atoms with Crippen molar-refractivity contribution in [2.45, 2.75) is 33.2 Å². The van der Waals surface area contributed by atoms with Gasteiger partial charge in [0.05, 0.1) is 6.61 Å². The van der Waals surface area contributed by atoms with Crippen LogP contribution in [0.25, 0.3) is 5.69 Å². The molecule has 0 bridgehead atoms. The van der Waals surface area contributed by atoms with Crippen molar-refractivity contribution in [1.29, 1.82) is 0 Å². The zero-order valence-corrected chi connectivity index (χ0v) is 14.7. The van der Waals surface area contributed by atoms with E-state index in [1.807, 2.05) is 19.1 Å². The molecule has 1 atom stereocenters. The van der Waals surface area contributed by atoms with Crippen molar-refractivity contribution in [3.8, 4) is 5.69 Å². The molecule has 0 aliphatic heterocycles. The fourth-order valence-electron chi connectivity index (χ4n) is 2.59.